The maximum atomic E-state index is 13.1. The summed E-state index contributed by atoms with van der Waals surface area (Å²) in [6.45, 7) is 5.09. The van der Waals surface area contributed by atoms with E-state index in [9.17, 15) is 31.5 Å². The summed E-state index contributed by atoms with van der Waals surface area (Å²) in [5, 5.41) is 1.48. The number of esters is 1. The van der Waals surface area contributed by atoms with E-state index < -0.39 is 35.9 Å². The van der Waals surface area contributed by atoms with Gasteiger partial charge in [0.15, 0.2) is 0 Å². The van der Waals surface area contributed by atoms with Crippen LogP contribution in [0.3, 0.4) is 0 Å². The van der Waals surface area contributed by atoms with Gasteiger partial charge in [0.1, 0.15) is 6.04 Å². The lowest BCUT2D eigenvalue weighted by Gasteiger charge is -2.24. The maximum Gasteiger partial charge on any atom is 0.463 e. The van der Waals surface area contributed by atoms with Crippen LogP contribution in [0, 0.1) is 5.92 Å². The Labute approximate surface area is 195 Å². The highest BCUT2D eigenvalue weighted by molar-refractivity contribution is 5.89. The second-order valence-electron chi connectivity index (χ2n) is 9.03. The van der Waals surface area contributed by atoms with Crippen molar-refractivity contribution in [3.05, 3.63) is 0 Å². The van der Waals surface area contributed by atoms with Gasteiger partial charge in [-0.05, 0) is 12.3 Å². The van der Waals surface area contributed by atoms with Gasteiger partial charge in [0.25, 0.3) is 0 Å². The fraction of sp³-hybridized carbons (Fsp3) is 0.917. The zero-order valence-corrected chi connectivity index (χ0v) is 20.4. The van der Waals surface area contributed by atoms with Gasteiger partial charge in [0.2, 0.25) is 0 Å². The summed E-state index contributed by atoms with van der Waals surface area (Å²) in [6, 6.07) is -1.57. The topological polar surface area (TPSA) is 55.4 Å². The van der Waals surface area contributed by atoms with Gasteiger partial charge in [-0.3, -0.25) is 4.79 Å². The molecule has 0 radical (unpaired) electrons. The molecule has 0 aromatic heterocycles. The number of ether oxygens (including phenoxy) is 1. The van der Waals surface area contributed by atoms with Crippen LogP contribution in [0.2, 0.25) is 0 Å². The van der Waals surface area contributed by atoms with E-state index >= 15 is 0 Å². The second-order valence-corrected chi connectivity index (χ2v) is 9.03. The Morgan fingerprint density at radius 2 is 1.12 bits per heavy atom. The van der Waals surface area contributed by atoms with E-state index in [-0.39, 0.29) is 6.61 Å². The number of nitrogens with one attached hydrogen (secondary N) is 1. The molecule has 33 heavy (non-hydrogen) atoms. The minimum absolute atomic E-state index is 0.0334. The summed E-state index contributed by atoms with van der Waals surface area (Å²) < 4.78 is 68.2. The average Bonchev–Trinajstić information content (AvgIpc) is 2.73. The van der Waals surface area contributed by atoms with Crippen LogP contribution in [-0.4, -0.2) is 36.6 Å². The SMILES string of the molecule is CCCCCCCCCCCCCCCCOC(=O)C(NC(=O)C(F)(F)C(F)(F)F)C(C)C. The summed E-state index contributed by atoms with van der Waals surface area (Å²) in [5.74, 6) is -9.84. The Morgan fingerprint density at radius 3 is 1.48 bits per heavy atom. The number of rotatable bonds is 19. The number of hydrogen-bond acceptors (Lipinski definition) is 3. The molecule has 0 aliphatic rings. The first-order valence-corrected chi connectivity index (χ1v) is 12.4. The molecule has 1 N–H and O–H groups in total. The van der Waals surface area contributed by atoms with Crippen LogP contribution >= 0.6 is 0 Å². The number of hydrogen-bond donors (Lipinski definition) is 1. The Kier molecular flexibility index (Phi) is 16.4. The molecule has 0 heterocycles. The van der Waals surface area contributed by atoms with E-state index in [0.717, 1.165) is 25.7 Å². The van der Waals surface area contributed by atoms with Gasteiger partial charge in [-0.15, -0.1) is 0 Å². The van der Waals surface area contributed by atoms with E-state index in [1.165, 1.54) is 77.0 Å². The lowest BCUT2D eigenvalue weighted by atomic mass is 10.0. The monoisotopic (exact) mass is 487 g/mol. The van der Waals surface area contributed by atoms with Crippen LogP contribution in [0.15, 0.2) is 0 Å². The molecule has 0 aromatic rings. The van der Waals surface area contributed by atoms with Gasteiger partial charge in [0.05, 0.1) is 6.61 Å². The first kappa shape index (κ1) is 31.6. The molecular weight excluding hydrogens is 445 g/mol. The zero-order valence-electron chi connectivity index (χ0n) is 20.4. The largest absolute Gasteiger partial charge is 0.464 e. The quantitative estimate of drug-likeness (QED) is 0.118. The van der Waals surface area contributed by atoms with Gasteiger partial charge >= 0.3 is 24.0 Å². The van der Waals surface area contributed by atoms with Crippen LogP contribution in [0.4, 0.5) is 22.0 Å². The smallest absolute Gasteiger partial charge is 0.463 e. The molecule has 1 unspecified atom stereocenters. The predicted octanol–water partition coefficient (Wildman–Crippen LogP) is 7.35. The molecular formula is C24H42F5NO3. The predicted molar refractivity (Wildman–Crippen MR) is 119 cm³/mol. The van der Waals surface area contributed by atoms with Crippen molar-refractivity contribution in [2.45, 2.75) is 129 Å². The molecule has 1 atom stereocenters. The van der Waals surface area contributed by atoms with Crippen LogP contribution in [0.25, 0.3) is 0 Å². The number of halogens is 5. The van der Waals surface area contributed by atoms with Crippen molar-refractivity contribution in [3.8, 4) is 0 Å². The molecule has 0 aliphatic heterocycles. The zero-order chi connectivity index (χ0) is 25.3. The molecule has 9 heteroatoms. The minimum atomic E-state index is -6.03. The van der Waals surface area contributed by atoms with Crippen molar-refractivity contribution < 1.29 is 36.3 Å². The van der Waals surface area contributed by atoms with Gasteiger partial charge < -0.3 is 10.1 Å². The highest BCUT2D eigenvalue weighted by atomic mass is 19.4. The number of carbonyl (C=O) groups is 2. The van der Waals surface area contributed by atoms with Crippen molar-refractivity contribution in [1.82, 2.24) is 5.32 Å². The third kappa shape index (κ3) is 13.8. The molecule has 196 valence electrons. The fourth-order valence-corrected chi connectivity index (χ4v) is 3.42. The first-order valence-electron chi connectivity index (χ1n) is 12.4. The summed E-state index contributed by atoms with van der Waals surface area (Å²) in [5.41, 5.74) is 0. The van der Waals surface area contributed by atoms with E-state index in [2.05, 4.69) is 6.92 Å². The minimum Gasteiger partial charge on any atom is -0.464 e. The Bertz CT molecular complexity index is 539. The third-order valence-electron chi connectivity index (χ3n) is 5.59. The van der Waals surface area contributed by atoms with Crippen LogP contribution < -0.4 is 5.32 Å². The molecule has 0 bridgehead atoms. The number of carbonyl (C=O) groups excluding carboxylic acids is 2. The highest BCUT2D eigenvalue weighted by Gasteiger charge is 2.63. The van der Waals surface area contributed by atoms with Crippen LogP contribution in [-0.2, 0) is 14.3 Å². The molecule has 0 fully saturated rings. The fourth-order valence-electron chi connectivity index (χ4n) is 3.42. The molecule has 0 rings (SSSR count). The van der Waals surface area contributed by atoms with Gasteiger partial charge in [-0.25, -0.2) is 4.79 Å². The Morgan fingerprint density at radius 1 is 0.727 bits per heavy atom. The van der Waals surface area contributed by atoms with E-state index in [0.29, 0.717) is 6.42 Å². The van der Waals surface area contributed by atoms with Crippen molar-refractivity contribution in [2.24, 2.45) is 5.92 Å². The van der Waals surface area contributed by atoms with Gasteiger partial charge in [0, 0.05) is 0 Å². The van der Waals surface area contributed by atoms with E-state index in [4.69, 9.17) is 4.74 Å². The summed E-state index contributed by atoms with van der Waals surface area (Å²) in [4.78, 5) is 23.4. The van der Waals surface area contributed by atoms with E-state index in [1.54, 1.807) is 0 Å². The molecule has 0 saturated carbocycles. The highest BCUT2D eigenvalue weighted by Crippen LogP contribution is 2.35. The molecule has 0 spiro atoms. The molecule has 1 amide bonds. The third-order valence-corrected chi connectivity index (χ3v) is 5.59. The standard InChI is InChI=1S/C24H42F5NO3/c1-4-5-6-7-8-9-10-11-12-13-14-15-16-17-18-33-21(31)20(19(2)3)30-22(32)23(25,26)24(27,28)29/h19-20H,4-18H2,1-3H3,(H,30,32). The van der Waals surface area contributed by atoms with Gasteiger partial charge in [-0.1, -0.05) is 104 Å². The summed E-state index contributed by atoms with van der Waals surface area (Å²) in [7, 11) is 0. The van der Waals surface area contributed by atoms with Crippen molar-refractivity contribution in [3.63, 3.8) is 0 Å². The maximum absolute atomic E-state index is 13.1. The van der Waals surface area contributed by atoms with Crippen molar-refractivity contribution in [1.29, 1.82) is 0 Å². The molecule has 0 aromatic carbocycles. The van der Waals surface area contributed by atoms with Crippen LogP contribution in [0.5, 0.6) is 0 Å². The van der Waals surface area contributed by atoms with Gasteiger partial charge in [-0.2, -0.15) is 22.0 Å². The van der Waals surface area contributed by atoms with Crippen molar-refractivity contribution in [2.75, 3.05) is 6.61 Å². The normalized spacial score (nSPS) is 13.2. The second kappa shape index (κ2) is 17.1. The number of alkyl halides is 5. The van der Waals surface area contributed by atoms with Crippen molar-refractivity contribution >= 4 is 11.9 Å². The summed E-state index contributed by atoms with van der Waals surface area (Å²) >= 11 is 0. The summed E-state index contributed by atoms with van der Waals surface area (Å²) in [6.07, 6.45) is 10.2. The molecule has 0 saturated heterocycles. The van der Waals surface area contributed by atoms with Crippen LogP contribution in [0.1, 0.15) is 111 Å². The Hall–Kier alpha value is -1.41. The molecule has 4 nitrogen and oxygen atoms in total. The molecule has 0 aliphatic carbocycles. The first-order chi connectivity index (χ1) is 15.4. The number of unbranched alkanes of at least 4 members (excludes halogenated alkanes) is 13. The lowest BCUT2D eigenvalue weighted by Crippen LogP contribution is -2.56. The average molecular weight is 488 g/mol. The lowest BCUT2D eigenvalue weighted by molar-refractivity contribution is -0.270. The Balaban J connectivity index is 3.92. The van der Waals surface area contributed by atoms with E-state index in [1.807, 2.05) is 0 Å². The number of amides is 1.